The number of anilines is 1. The number of halogens is 1. The Morgan fingerprint density at radius 3 is 2.74 bits per heavy atom. The molecule has 1 N–H and O–H groups in total. The molecule has 0 amide bonds. The first-order chi connectivity index (χ1) is 8.99. The lowest BCUT2D eigenvalue weighted by Crippen LogP contribution is -2.24. The smallest absolute Gasteiger partial charge is 0.313 e. The summed E-state index contributed by atoms with van der Waals surface area (Å²) in [6, 6.07) is 2.17. The zero-order chi connectivity index (χ0) is 14.4. The summed E-state index contributed by atoms with van der Waals surface area (Å²) in [6.45, 7) is 4.21. The molecule has 0 aliphatic heterocycles. The predicted molar refractivity (Wildman–Crippen MR) is 71.3 cm³/mol. The Labute approximate surface area is 111 Å². The molecule has 6 nitrogen and oxygen atoms in total. The van der Waals surface area contributed by atoms with Crippen molar-refractivity contribution in [3.8, 4) is 5.75 Å². The van der Waals surface area contributed by atoms with E-state index in [9.17, 15) is 14.5 Å². The molecule has 0 aliphatic carbocycles. The largest absolute Gasteiger partial charge is 0.490 e. The number of methoxy groups -OCH3 is 1. The zero-order valence-corrected chi connectivity index (χ0v) is 11.3. The summed E-state index contributed by atoms with van der Waals surface area (Å²) in [6.07, 6.45) is 0. The molecule has 19 heavy (non-hydrogen) atoms. The molecule has 0 saturated heterocycles. The number of hydrogen-bond donors (Lipinski definition) is 1. The lowest BCUT2D eigenvalue weighted by molar-refractivity contribution is -0.385. The van der Waals surface area contributed by atoms with E-state index in [1.54, 1.807) is 0 Å². The van der Waals surface area contributed by atoms with Crippen molar-refractivity contribution < 1.29 is 14.1 Å². The minimum Gasteiger partial charge on any atom is -0.490 e. The average Bonchev–Trinajstić information content (AvgIpc) is 2.39. The molecule has 0 aliphatic rings. The van der Waals surface area contributed by atoms with E-state index in [4.69, 9.17) is 4.74 Å². The van der Waals surface area contributed by atoms with Crippen LogP contribution < -0.4 is 10.1 Å². The molecular formula is C12H18FN3O3. The van der Waals surface area contributed by atoms with Crippen LogP contribution in [0.25, 0.3) is 0 Å². The molecule has 7 heteroatoms. The number of likely N-dealkylation sites (N-methyl/N-ethyl adjacent to an activating group) is 1. The van der Waals surface area contributed by atoms with Crippen molar-refractivity contribution >= 4 is 11.4 Å². The van der Waals surface area contributed by atoms with Crippen molar-refractivity contribution in [2.45, 2.75) is 6.92 Å². The summed E-state index contributed by atoms with van der Waals surface area (Å²) < 4.78 is 18.6. The van der Waals surface area contributed by atoms with Crippen molar-refractivity contribution in [3.05, 3.63) is 28.1 Å². The number of nitrogens with one attached hydrogen (secondary N) is 1. The third-order valence-electron chi connectivity index (χ3n) is 2.81. The van der Waals surface area contributed by atoms with E-state index in [1.807, 2.05) is 14.0 Å². The quantitative estimate of drug-likeness (QED) is 0.607. The fourth-order valence-corrected chi connectivity index (χ4v) is 1.52. The van der Waals surface area contributed by atoms with E-state index < -0.39 is 10.7 Å². The lowest BCUT2D eigenvalue weighted by Gasteiger charge is -2.15. The van der Waals surface area contributed by atoms with Gasteiger partial charge in [-0.05, 0) is 13.6 Å². The Morgan fingerprint density at radius 2 is 2.21 bits per heavy atom. The third-order valence-corrected chi connectivity index (χ3v) is 2.81. The second-order valence-corrected chi connectivity index (χ2v) is 4.08. The summed E-state index contributed by atoms with van der Waals surface area (Å²) in [5, 5.41) is 13.6. The van der Waals surface area contributed by atoms with Gasteiger partial charge in [0.2, 0.25) is 0 Å². The Balaban J connectivity index is 2.82. The van der Waals surface area contributed by atoms with Crippen LogP contribution in [0.1, 0.15) is 6.92 Å². The third kappa shape index (κ3) is 4.06. The first-order valence-corrected chi connectivity index (χ1v) is 5.94. The van der Waals surface area contributed by atoms with E-state index in [1.165, 1.54) is 13.2 Å². The molecule has 1 rings (SSSR count). The highest BCUT2D eigenvalue weighted by Crippen LogP contribution is 2.32. The summed E-state index contributed by atoms with van der Waals surface area (Å²) in [5.74, 6) is -0.621. The summed E-state index contributed by atoms with van der Waals surface area (Å²) >= 11 is 0. The van der Waals surface area contributed by atoms with Crippen molar-refractivity contribution in [1.82, 2.24) is 4.90 Å². The molecular weight excluding hydrogens is 253 g/mol. The van der Waals surface area contributed by atoms with Gasteiger partial charge in [0.25, 0.3) is 0 Å². The highest BCUT2D eigenvalue weighted by molar-refractivity contribution is 5.59. The van der Waals surface area contributed by atoms with Crippen LogP contribution >= 0.6 is 0 Å². The SMILES string of the molecule is CCN(C)CCNc1cc(OC)c([N+](=O)[O-])cc1F. The number of hydrogen-bond acceptors (Lipinski definition) is 5. The fraction of sp³-hybridized carbons (Fsp3) is 0.500. The number of nitro benzene ring substituents is 1. The van der Waals surface area contributed by atoms with E-state index >= 15 is 0 Å². The van der Waals surface area contributed by atoms with Crippen LogP contribution in [0.3, 0.4) is 0 Å². The molecule has 0 atom stereocenters. The van der Waals surface area contributed by atoms with Crippen molar-refractivity contribution in [2.75, 3.05) is 39.1 Å². The monoisotopic (exact) mass is 271 g/mol. The highest BCUT2D eigenvalue weighted by atomic mass is 19.1. The van der Waals surface area contributed by atoms with Crippen LogP contribution in [0.5, 0.6) is 5.75 Å². The van der Waals surface area contributed by atoms with Crippen molar-refractivity contribution in [3.63, 3.8) is 0 Å². The number of nitrogens with zero attached hydrogens (tertiary/aromatic N) is 2. The maximum atomic E-state index is 13.7. The maximum absolute atomic E-state index is 13.7. The van der Waals surface area contributed by atoms with Gasteiger partial charge in [-0.1, -0.05) is 6.92 Å². The van der Waals surface area contributed by atoms with E-state index in [0.29, 0.717) is 6.54 Å². The summed E-state index contributed by atoms with van der Waals surface area (Å²) in [4.78, 5) is 12.1. The maximum Gasteiger partial charge on any atom is 0.313 e. The first kappa shape index (κ1) is 15.2. The number of rotatable bonds is 7. The molecule has 0 spiro atoms. The molecule has 0 bridgehead atoms. The molecule has 106 valence electrons. The van der Waals surface area contributed by atoms with Gasteiger partial charge in [0.1, 0.15) is 0 Å². The standard InChI is InChI=1S/C12H18FN3O3/c1-4-15(2)6-5-14-10-8-12(19-3)11(16(17)18)7-9(10)13/h7-8,14H,4-6H2,1-3H3. The van der Waals surface area contributed by atoms with Crippen LogP contribution in [-0.4, -0.2) is 43.6 Å². The molecule has 1 aromatic carbocycles. The molecule has 0 radical (unpaired) electrons. The van der Waals surface area contributed by atoms with Gasteiger partial charge in [-0.15, -0.1) is 0 Å². The van der Waals surface area contributed by atoms with Gasteiger partial charge < -0.3 is 15.0 Å². The van der Waals surface area contributed by atoms with Crippen molar-refractivity contribution in [1.29, 1.82) is 0 Å². The normalized spacial score (nSPS) is 10.6. The van der Waals surface area contributed by atoms with Crippen LogP contribution in [0.2, 0.25) is 0 Å². The first-order valence-electron chi connectivity index (χ1n) is 5.94. The Morgan fingerprint density at radius 1 is 1.53 bits per heavy atom. The van der Waals surface area contributed by atoms with Crippen LogP contribution in [-0.2, 0) is 0 Å². The van der Waals surface area contributed by atoms with Gasteiger partial charge in [-0.3, -0.25) is 10.1 Å². The van der Waals surface area contributed by atoms with Crippen molar-refractivity contribution in [2.24, 2.45) is 0 Å². The van der Waals surface area contributed by atoms with Gasteiger partial charge in [-0.25, -0.2) is 4.39 Å². The van der Waals surface area contributed by atoms with E-state index in [0.717, 1.165) is 19.2 Å². The summed E-state index contributed by atoms with van der Waals surface area (Å²) in [5.41, 5.74) is -0.178. The Bertz CT molecular complexity index is 454. The molecule has 0 fully saturated rings. The van der Waals surface area contributed by atoms with Gasteiger partial charge in [0.15, 0.2) is 11.6 Å². The Hall–Kier alpha value is -1.89. The van der Waals surface area contributed by atoms with E-state index in [-0.39, 0.29) is 17.1 Å². The minimum atomic E-state index is -0.670. The lowest BCUT2D eigenvalue weighted by atomic mass is 10.2. The summed E-state index contributed by atoms with van der Waals surface area (Å²) in [7, 11) is 3.27. The Kier molecular flexibility index (Phi) is 5.50. The predicted octanol–water partition coefficient (Wildman–Crippen LogP) is 2.11. The number of benzene rings is 1. The molecule has 0 heterocycles. The van der Waals surface area contributed by atoms with Gasteiger partial charge >= 0.3 is 5.69 Å². The van der Waals surface area contributed by atoms with Gasteiger partial charge in [0, 0.05) is 19.2 Å². The van der Waals surface area contributed by atoms with Crippen LogP contribution in [0.4, 0.5) is 15.8 Å². The van der Waals surface area contributed by atoms with Gasteiger partial charge in [0.05, 0.1) is 23.8 Å². The number of ether oxygens (including phenoxy) is 1. The van der Waals surface area contributed by atoms with E-state index in [2.05, 4.69) is 10.2 Å². The zero-order valence-electron chi connectivity index (χ0n) is 11.3. The number of nitro groups is 1. The second kappa shape index (κ2) is 6.89. The van der Waals surface area contributed by atoms with Crippen LogP contribution in [0.15, 0.2) is 12.1 Å². The molecule has 0 unspecified atom stereocenters. The minimum absolute atomic E-state index is 0.0396. The average molecular weight is 271 g/mol. The van der Waals surface area contributed by atoms with Crippen LogP contribution in [0, 0.1) is 15.9 Å². The van der Waals surface area contributed by atoms with Gasteiger partial charge in [-0.2, -0.15) is 0 Å². The second-order valence-electron chi connectivity index (χ2n) is 4.08. The molecule has 0 aromatic heterocycles. The topological polar surface area (TPSA) is 67.6 Å². The highest BCUT2D eigenvalue weighted by Gasteiger charge is 2.18. The molecule has 0 saturated carbocycles. The molecule has 1 aromatic rings. The fourth-order valence-electron chi connectivity index (χ4n) is 1.52.